The van der Waals surface area contributed by atoms with Gasteiger partial charge >= 0.3 is 12.0 Å². The molecule has 8 heteroatoms. The number of carbonyl (C=O) groups excluding carboxylic acids is 1. The van der Waals surface area contributed by atoms with Crippen LogP contribution in [0.5, 0.6) is 0 Å². The number of nitrogens with zero attached hydrogens (tertiary/aromatic N) is 1. The van der Waals surface area contributed by atoms with Crippen LogP contribution < -0.4 is 10.6 Å². The van der Waals surface area contributed by atoms with Crippen molar-refractivity contribution < 1.29 is 19.8 Å². The average Bonchev–Trinajstić information content (AvgIpc) is 2.40. The zero-order valence-electron chi connectivity index (χ0n) is 10.3. The first-order valence-corrected chi connectivity index (χ1v) is 6.38. The highest BCUT2D eigenvalue weighted by molar-refractivity contribution is 9.10. The Kier molecular flexibility index (Phi) is 5.96. The van der Waals surface area contributed by atoms with Gasteiger partial charge in [0, 0.05) is 17.5 Å². The van der Waals surface area contributed by atoms with Crippen molar-refractivity contribution in [1.82, 2.24) is 5.32 Å². The number of carboxylic acid groups (broad SMARTS) is 1. The zero-order valence-corrected chi connectivity index (χ0v) is 11.8. The molecule has 2 amide bonds. The lowest BCUT2D eigenvalue weighted by atomic mass is 10.2. The van der Waals surface area contributed by atoms with Gasteiger partial charge in [-0.05, 0) is 34.1 Å². The lowest BCUT2D eigenvalue weighted by molar-refractivity contribution is -0.139. The van der Waals surface area contributed by atoms with Gasteiger partial charge in [-0.1, -0.05) is 0 Å². The van der Waals surface area contributed by atoms with Crippen molar-refractivity contribution in [2.24, 2.45) is 0 Å². The standard InChI is InChI=1S/C12H12BrN3O4/c13-8-5-7(6-14)1-2-9(8)15-12(20)16-10(3-4-17)11(18)19/h1-2,5,10,17H,3-4H2,(H,18,19)(H2,15,16,20)/t10-/m1/s1. The van der Waals surface area contributed by atoms with E-state index in [1.165, 1.54) is 18.2 Å². The average molecular weight is 342 g/mol. The Hall–Kier alpha value is -2.11. The molecule has 0 fully saturated rings. The summed E-state index contributed by atoms with van der Waals surface area (Å²) in [6.07, 6.45) is -0.0860. The molecule has 0 aliphatic rings. The SMILES string of the molecule is N#Cc1ccc(NC(=O)N[C@H](CCO)C(=O)O)c(Br)c1. The number of carbonyl (C=O) groups is 2. The fourth-order valence-corrected chi connectivity index (χ4v) is 1.87. The molecule has 1 aromatic rings. The second-order valence-electron chi connectivity index (χ2n) is 3.81. The number of urea groups is 1. The third-order valence-corrected chi connectivity index (χ3v) is 3.02. The molecule has 1 aromatic carbocycles. The fourth-order valence-electron chi connectivity index (χ4n) is 1.39. The Morgan fingerprint density at radius 3 is 2.65 bits per heavy atom. The Balaban J connectivity index is 2.71. The summed E-state index contributed by atoms with van der Waals surface area (Å²) in [5.74, 6) is -1.23. The van der Waals surface area contributed by atoms with E-state index < -0.39 is 18.0 Å². The van der Waals surface area contributed by atoms with Crippen LogP contribution in [0.1, 0.15) is 12.0 Å². The van der Waals surface area contributed by atoms with Crippen LogP contribution in [0, 0.1) is 11.3 Å². The smallest absolute Gasteiger partial charge is 0.326 e. The van der Waals surface area contributed by atoms with Crippen molar-refractivity contribution in [3.63, 3.8) is 0 Å². The molecule has 0 aliphatic carbocycles. The van der Waals surface area contributed by atoms with Gasteiger partial charge in [-0.3, -0.25) is 0 Å². The number of aliphatic hydroxyl groups is 1. The second-order valence-corrected chi connectivity index (χ2v) is 4.66. The first-order valence-electron chi connectivity index (χ1n) is 5.58. The number of anilines is 1. The van der Waals surface area contributed by atoms with Gasteiger partial charge < -0.3 is 20.8 Å². The summed E-state index contributed by atoms with van der Waals surface area (Å²) in [4.78, 5) is 22.5. The highest BCUT2D eigenvalue weighted by Gasteiger charge is 2.19. The van der Waals surface area contributed by atoms with Gasteiger partial charge in [0.1, 0.15) is 6.04 Å². The van der Waals surface area contributed by atoms with E-state index in [2.05, 4.69) is 26.6 Å². The topological polar surface area (TPSA) is 122 Å². The number of aliphatic hydroxyl groups excluding tert-OH is 1. The summed E-state index contributed by atoms with van der Waals surface area (Å²) in [5.41, 5.74) is 0.821. The van der Waals surface area contributed by atoms with Crippen molar-refractivity contribution in [2.75, 3.05) is 11.9 Å². The molecule has 4 N–H and O–H groups in total. The third-order valence-electron chi connectivity index (χ3n) is 2.37. The van der Waals surface area contributed by atoms with Crippen LogP contribution in [0.4, 0.5) is 10.5 Å². The molecule has 20 heavy (non-hydrogen) atoms. The van der Waals surface area contributed by atoms with E-state index in [0.29, 0.717) is 15.7 Å². The van der Waals surface area contributed by atoms with Gasteiger partial charge in [0.2, 0.25) is 0 Å². The molecule has 0 unspecified atom stereocenters. The molecule has 0 saturated heterocycles. The molecule has 0 aliphatic heterocycles. The van der Waals surface area contributed by atoms with Gasteiger partial charge in [0.25, 0.3) is 0 Å². The maximum absolute atomic E-state index is 11.7. The lowest BCUT2D eigenvalue weighted by Gasteiger charge is -2.14. The van der Waals surface area contributed by atoms with E-state index >= 15 is 0 Å². The highest BCUT2D eigenvalue weighted by atomic mass is 79.9. The van der Waals surface area contributed by atoms with Crippen LogP contribution >= 0.6 is 15.9 Å². The number of nitriles is 1. The molecule has 1 atom stereocenters. The minimum absolute atomic E-state index is 0.0860. The highest BCUT2D eigenvalue weighted by Crippen LogP contribution is 2.23. The van der Waals surface area contributed by atoms with Crippen molar-refractivity contribution in [2.45, 2.75) is 12.5 Å². The summed E-state index contributed by atoms with van der Waals surface area (Å²) >= 11 is 3.19. The second kappa shape index (κ2) is 7.47. The van der Waals surface area contributed by atoms with E-state index in [4.69, 9.17) is 15.5 Å². The molecular formula is C12H12BrN3O4. The minimum Gasteiger partial charge on any atom is -0.480 e. The summed E-state index contributed by atoms with van der Waals surface area (Å²) in [5, 5.41) is 31.0. The Morgan fingerprint density at radius 2 is 2.15 bits per heavy atom. The number of hydrogen-bond donors (Lipinski definition) is 4. The van der Waals surface area contributed by atoms with Crippen LogP contribution in [0.2, 0.25) is 0 Å². The molecule has 0 spiro atoms. The number of amides is 2. The lowest BCUT2D eigenvalue weighted by Crippen LogP contribution is -2.43. The number of carboxylic acids is 1. The zero-order chi connectivity index (χ0) is 15.1. The summed E-state index contributed by atoms with van der Waals surface area (Å²) in [6.45, 7) is -0.349. The Morgan fingerprint density at radius 1 is 1.45 bits per heavy atom. The maximum atomic E-state index is 11.7. The first-order chi connectivity index (χ1) is 9.47. The first kappa shape index (κ1) is 15.9. The van der Waals surface area contributed by atoms with Gasteiger partial charge in [-0.25, -0.2) is 9.59 Å². The monoisotopic (exact) mass is 341 g/mol. The molecule has 106 valence electrons. The third kappa shape index (κ3) is 4.53. The number of rotatable bonds is 5. The van der Waals surface area contributed by atoms with E-state index in [-0.39, 0.29) is 13.0 Å². The number of nitrogens with one attached hydrogen (secondary N) is 2. The van der Waals surface area contributed by atoms with Crippen LogP contribution in [0.25, 0.3) is 0 Å². The molecule has 0 aromatic heterocycles. The Bertz CT molecular complexity index is 556. The molecule has 0 saturated carbocycles. The van der Waals surface area contributed by atoms with Crippen molar-refractivity contribution in [3.05, 3.63) is 28.2 Å². The summed E-state index contributed by atoms with van der Waals surface area (Å²) < 4.78 is 0.501. The fraction of sp³-hybridized carbons (Fsp3) is 0.250. The Labute approximate surface area is 123 Å². The van der Waals surface area contributed by atoms with E-state index in [9.17, 15) is 9.59 Å². The number of halogens is 1. The van der Waals surface area contributed by atoms with E-state index in [0.717, 1.165) is 0 Å². The van der Waals surface area contributed by atoms with Crippen LogP contribution in [-0.2, 0) is 4.79 Å². The molecule has 0 bridgehead atoms. The molecule has 0 heterocycles. The molecule has 7 nitrogen and oxygen atoms in total. The van der Waals surface area contributed by atoms with Crippen molar-refractivity contribution >= 4 is 33.6 Å². The van der Waals surface area contributed by atoms with Crippen molar-refractivity contribution in [1.29, 1.82) is 5.26 Å². The summed E-state index contributed by atoms with van der Waals surface area (Å²) in [7, 11) is 0. The van der Waals surface area contributed by atoms with Gasteiger partial charge in [-0.15, -0.1) is 0 Å². The van der Waals surface area contributed by atoms with Crippen molar-refractivity contribution in [3.8, 4) is 6.07 Å². The molecule has 0 radical (unpaired) electrons. The van der Waals surface area contributed by atoms with E-state index in [1.807, 2.05) is 6.07 Å². The number of hydrogen-bond acceptors (Lipinski definition) is 4. The van der Waals surface area contributed by atoms with E-state index in [1.54, 1.807) is 0 Å². The minimum atomic E-state index is -1.23. The maximum Gasteiger partial charge on any atom is 0.326 e. The largest absolute Gasteiger partial charge is 0.480 e. The van der Waals surface area contributed by atoms with Crippen LogP contribution in [0.15, 0.2) is 22.7 Å². The van der Waals surface area contributed by atoms with Gasteiger partial charge in [0.15, 0.2) is 0 Å². The van der Waals surface area contributed by atoms with Crippen LogP contribution in [-0.4, -0.2) is 34.9 Å². The molecular weight excluding hydrogens is 330 g/mol. The quantitative estimate of drug-likeness (QED) is 0.642. The van der Waals surface area contributed by atoms with Crippen LogP contribution in [0.3, 0.4) is 0 Å². The predicted octanol–water partition coefficient (Wildman–Crippen LogP) is 1.28. The van der Waals surface area contributed by atoms with Gasteiger partial charge in [0.05, 0.1) is 17.3 Å². The summed E-state index contributed by atoms with van der Waals surface area (Å²) in [6, 6.07) is 4.63. The number of aliphatic carboxylic acids is 1. The predicted molar refractivity (Wildman–Crippen MR) is 74.1 cm³/mol. The number of benzene rings is 1. The molecule has 1 rings (SSSR count). The van der Waals surface area contributed by atoms with Gasteiger partial charge in [-0.2, -0.15) is 5.26 Å². The normalized spacial score (nSPS) is 11.2.